The Morgan fingerprint density at radius 1 is 1.07 bits per heavy atom. The molecule has 28 heavy (non-hydrogen) atoms. The fourth-order valence-electron chi connectivity index (χ4n) is 4.07. The number of hydrogen-bond donors (Lipinski definition) is 0. The van der Waals surface area contributed by atoms with Gasteiger partial charge in [0.05, 0.1) is 0 Å². The van der Waals surface area contributed by atoms with Gasteiger partial charge in [-0.2, -0.15) is 0 Å². The van der Waals surface area contributed by atoms with Gasteiger partial charge in [0.15, 0.2) is 0 Å². The fourth-order valence-corrected chi connectivity index (χ4v) is 5.80. The van der Waals surface area contributed by atoms with Gasteiger partial charge in [0, 0.05) is 24.7 Å². The summed E-state index contributed by atoms with van der Waals surface area (Å²) in [6.45, 7) is 22.4. The zero-order valence-electron chi connectivity index (χ0n) is 19.2. The van der Waals surface area contributed by atoms with E-state index in [-0.39, 0.29) is 6.23 Å². The monoisotopic (exact) mass is 413 g/mol. The second-order valence-corrected chi connectivity index (χ2v) is 9.78. The van der Waals surface area contributed by atoms with Crippen LogP contribution in [0.3, 0.4) is 0 Å². The van der Waals surface area contributed by atoms with Crippen molar-refractivity contribution in [2.45, 2.75) is 117 Å². The van der Waals surface area contributed by atoms with E-state index in [4.69, 9.17) is 15.6 Å². The quantitative estimate of drug-likeness (QED) is 0.175. The molecule has 6 heteroatoms. The highest BCUT2D eigenvalue weighted by Gasteiger charge is 2.37. The SMILES string of the molecule is [C-]#[N+]CCOP(O[C@@H]1CC[C@@H](CC)N1CCCCCCC)N(C(C)C)C(C)C. The van der Waals surface area contributed by atoms with E-state index in [1.807, 2.05) is 0 Å². The lowest BCUT2D eigenvalue weighted by Gasteiger charge is -2.38. The molecular weight excluding hydrogens is 369 g/mol. The second-order valence-electron chi connectivity index (χ2n) is 8.37. The number of likely N-dealkylation sites (tertiary alicyclic amines) is 1. The van der Waals surface area contributed by atoms with E-state index in [0.717, 1.165) is 13.0 Å². The van der Waals surface area contributed by atoms with Gasteiger partial charge in [-0.15, -0.1) is 0 Å². The van der Waals surface area contributed by atoms with Crippen molar-refractivity contribution in [3.63, 3.8) is 0 Å². The van der Waals surface area contributed by atoms with Crippen LogP contribution in [0.1, 0.15) is 92.9 Å². The van der Waals surface area contributed by atoms with Crippen LogP contribution < -0.4 is 0 Å². The van der Waals surface area contributed by atoms with Gasteiger partial charge < -0.3 is 13.9 Å². The van der Waals surface area contributed by atoms with E-state index in [2.05, 4.69) is 56.0 Å². The molecule has 1 heterocycles. The molecule has 1 aliphatic heterocycles. The maximum atomic E-state index is 7.04. The molecule has 1 fully saturated rings. The molecule has 0 saturated carbocycles. The summed E-state index contributed by atoms with van der Waals surface area (Å²) >= 11 is 0. The Bertz CT molecular complexity index is 434. The van der Waals surface area contributed by atoms with E-state index in [1.165, 1.54) is 44.9 Å². The molecule has 164 valence electrons. The Morgan fingerprint density at radius 2 is 1.75 bits per heavy atom. The van der Waals surface area contributed by atoms with E-state index in [9.17, 15) is 0 Å². The summed E-state index contributed by atoms with van der Waals surface area (Å²) in [5.74, 6) is 0. The Hall–Kier alpha value is -0.240. The molecule has 0 aromatic carbocycles. The second kappa shape index (κ2) is 14.7. The lowest BCUT2D eigenvalue weighted by atomic mass is 10.1. The Balaban J connectivity index is 2.77. The number of unbranched alkanes of at least 4 members (excludes halogenated alkanes) is 4. The molecule has 1 unspecified atom stereocenters. The fraction of sp³-hybridized carbons (Fsp3) is 0.955. The standard InChI is InChI=1S/C22H44N3O2P/c1-8-10-11-12-13-17-24-21(9-2)14-15-22(24)27-28(26-18-16-23-7)25(19(3)4)20(5)6/h19-22H,8-18H2,1-6H3/t21-,22-,28?/m1/s1. The van der Waals surface area contributed by atoms with Crippen LogP contribution in [0, 0.1) is 6.57 Å². The van der Waals surface area contributed by atoms with Crippen LogP contribution in [-0.2, 0) is 9.05 Å². The molecule has 5 nitrogen and oxygen atoms in total. The zero-order chi connectivity index (χ0) is 20.9. The molecule has 0 amide bonds. The summed E-state index contributed by atoms with van der Waals surface area (Å²) in [6.07, 6.45) is 10.2. The third kappa shape index (κ3) is 8.64. The average molecular weight is 414 g/mol. The lowest BCUT2D eigenvalue weighted by molar-refractivity contribution is 0.0201. The van der Waals surface area contributed by atoms with Gasteiger partial charge in [-0.3, -0.25) is 4.90 Å². The maximum absolute atomic E-state index is 7.04. The van der Waals surface area contributed by atoms with E-state index >= 15 is 0 Å². The summed E-state index contributed by atoms with van der Waals surface area (Å²) < 4.78 is 15.1. The van der Waals surface area contributed by atoms with Crippen molar-refractivity contribution in [2.75, 3.05) is 19.7 Å². The van der Waals surface area contributed by atoms with Crippen molar-refractivity contribution in [3.05, 3.63) is 11.4 Å². The molecule has 1 saturated heterocycles. The van der Waals surface area contributed by atoms with E-state index < -0.39 is 8.53 Å². The van der Waals surface area contributed by atoms with Crippen LogP contribution in [-0.4, -0.2) is 53.6 Å². The Morgan fingerprint density at radius 3 is 2.32 bits per heavy atom. The zero-order valence-corrected chi connectivity index (χ0v) is 20.1. The van der Waals surface area contributed by atoms with Gasteiger partial charge in [-0.05, 0) is 53.4 Å². The molecule has 0 spiro atoms. The minimum Gasteiger partial charge on any atom is -0.314 e. The third-order valence-corrected chi connectivity index (χ3v) is 7.57. The molecule has 3 atom stereocenters. The van der Waals surface area contributed by atoms with Crippen molar-refractivity contribution in [3.8, 4) is 0 Å². The highest BCUT2D eigenvalue weighted by molar-refractivity contribution is 7.44. The van der Waals surface area contributed by atoms with Crippen LogP contribution in [0.2, 0.25) is 0 Å². The number of rotatable bonds is 15. The first-order chi connectivity index (χ1) is 13.5. The third-order valence-electron chi connectivity index (χ3n) is 5.44. The minimum atomic E-state index is -1.15. The van der Waals surface area contributed by atoms with Crippen LogP contribution in [0.5, 0.6) is 0 Å². The average Bonchev–Trinajstić information content (AvgIpc) is 3.02. The van der Waals surface area contributed by atoms with Crippen molar-refractivity contribution < 1.29 is 9.05 Å². The molecule has 1 rings (SSSR count). The van der Waals surface area contributed by atoms with Gasteiger partial charge >= 0.3 is 0 Å². The van der Waals surface area contributed by atoms with Crippen molar-refractivity contribution in [2.24, 2.45) is 0 Å². The summed E-state index contributed by atoms with van der Waals surface area (Å²) in [5, 5.41) is 0. The molecule has 0 aromatic rings. The minimum absolute atomic E-state index is 0.148. The first kappa shape index (κ1) is 25.8. The molecule has 0 aliphatic carbocycles. The van der Waals surface area contributed by atoms with Crippen LogP contribution in [0.15, 0.2) is 0 Å². The van der Waals surface area contributed by atoms with E-state index in [0.29, 0.717) is 31.3 Å². The molecule has 0 bridgehead atoms. The predicted octanol–water partition coefficient (Wildman–Crippen LogP) is 6.46. The molecular formula is C22H44N3O2P. The van der Waals surface area contributed by atoms with Crippen molar-refractivity contribution in [1.82, 2.24) is 9.57 Å². The van der Waals surface area contributed by atoms with Crippen LogP contribution in [0.4, 0.5) is 0 Å². The van der Waals surface area contributed by atoms with Gasteiger partial charge in [0.1, 0.15) is 12.8 Å². The molecule has 0 N–H and O–H groups in total. The van der Waals surface area contributed by atoms with Crippen LogP contribution in [0.25, 0.3) is 4.85 Å². The summed E-state index contributed by atoms with van der Waals surface area (Å²) in [4.78, 5) is 6.04. The first-order valence-electron chi connectivity index (χ1n) is 11.4. The maximum Gasteiger partial charge on any atom is 0.261 e. The predicted molar refractivity (Wildman–Crippen MR) is 120 cm³/mol. The summed E-state index contributed by atoms with van der Waals surface area (Å²) in [7, 11) is -1.15. The Kier molecular flexibility index (Phi) is 13.5. The smallest absolute Gasteiger partial charge is 0.261 e. The van der Waals surface area contributed by atoms with Crippen LogP contribution >= 0.6 is 8.53 Å². The van der Waals surface area contributed by atoms with Gasteiger partial charge in [-0.25, -0.2) is 11.2 Å². The largest absolute Gasteiger partial charge is 0.314 e. The van der Waals surface area contributed by atoms with Crippen molar-refractivity contribution in [1.29, 1.82) is 0 Å². The normalized spacial score (nSPS) is 21.7. The van der Waals surface area contributed by atoms with Gasteiger partial charge in [-0.1, -0.05) is 39.5 Å². The summed E-state index contributed by atoms with van der Waals surface area (Å²) in [5.41, 5.74) is 0. The topological polar surface area (TPSA) is 29.3 Å². The molecule has 0 aromatic heterocycles. The highest BCUT2D eigenvalue weighted by atomic mass is 31.2. The first-order valence-corrected chi connectivity index (χ1v) is 12.6. The van der Waals surface area contributed by atoms with E-state index in [1.54, 1.807) is 0 Å². The van der Waals surface area contributed by atoms with Crippen molar-refractivity contribution >= 4 is 8.53 Å². The lowest BCUT2D eigenvalue weighted by Crippen LogP contribution is -2.40. The highest BCUT2D eigenvalue weighted by Crippen LogP contribution is 2.49. The molecule has 0 radical (unpaired) electrons. The van der Waals surface area contributed by atoms with Gasteiger partial charge in [0.2, 0.25) is 6.54 Å². The summed E-state index contributed by atoms with van der Waals surface area (Å²) in [6, 6.07) is 1.33. The Labute approximate surface area is 175 Å². The molecule has 1 aliphatic rings. The number of nitrogens with zero attached hydrogens (tertiary/aromatic N) is 3. The van der Waals surface area contributed by atoms with Gasteiger partial charge in [0.25, 0.3) is 8.53 Å². The number of hydrogen-bond acceptors (Lipinski definition) is 4.